The quantitative estimate of drug-likeness (QED) is 0.216. The van der Waals surface area contributed by atoms with Crippen LogP contribution in [0.25, 0.3) is 66.1 Å². The molecule has 0 amide bonds. The van der Waals surface area contributed by atoms with Gasteiger partial charge in [0.1, 0.15) is 0 Å². The van der Waals surface area contributed by atoms with Crippen LogP contribution in [0.3, 0.4) is 0 Å². The smallest absolute Gasteiger partial charge is 0.197 e. The Kier molecular flexibility index (Phi) is 5.37. The summed E-state index contributed by atoms with van der Waals surface area (Å²) < 4.78 is 4.16. The van der Waals surface area contributed by atoms with Gasteiger partial charge < -0.3 is 9.13 Å². The topological polar surface area (TPSA) is 56.9 Å². The molecule has 198 valence electrons. The zero-order valence-corrected chi connectivity index (χ0v) is 22.4. The maximum Gasteiger partial charge on any atom is 0.197 e. The molecule has 3 aromatic heterocycles. The number of hydrogen-bond acceptors (Lipinski definition) is 3. The van der Waals surface area contributed by atoms with E-state index >= 15 is 0 Å². The Hall–Kier alpha value is -5.81. The molecule has 0 atom stereocenters. The minimum atomic E-state index is -0.0626. The van der Waals surface area contributed by atoms with Gasteiger partial charge in [0.05, 0.1) is 22.1 Å². The second kappa shape index (κ2) is 9.39. The molecule has 0 saturated heterocycles. The first-order chi connectivity index (χ1) is 20.7. The summed E-state index contributed by atoms with van der Waals surface area (Å²) in [6.07, 6.45) is 3.56. The van der Waals surface area contributed by atoms with Crippen molar-refractivity contribution in [3.05, 3.63) is 160 Å². The van der Waals surface area contributed by atoms with Crippen molar-refractivity contribution in [3.8, 4) is 22.5 Å². The minimum Gasteiger partial charge on any atom is -0.309 e. The van der Waals surface area contributed by atoms with Crippen LogP contribution in [0.5, 0.6) is 0 Å². The van der Waals surface area contributed by atoms with Gasteiger partial charge in [0, 0.05) is 45.3 Å². The standard InChI is InChI=1S/C37H23N3O2/c41-36-28-10-4-6-12-32(28)39(26-8-2-1-3-9-26)34-22-31-35(23-30(34)36)40(33-13-7-5-11-29(33)37(31)42)27-16-14-24(15-17-27)25-18-20-38-21-19-25/h1-23H. The Balaban J connectivity index is 1.51. The highest BCUT2D eigenvalue weighted by Crippen LogP contribution is 2.31. The summed E-state index contributed by atoms with van der Waals surface area (Å²) in [4.78, 5) is 32.2. The highest BCUT2D eigenvalue weighted by molar-refractivity contribution is 6.05. The average molecular weight is 542 g/mol. The molecule has 0 aliphatic carbocycles. The molecule has 0 aliphatic rings. The lowest BCUT2D eigenvalue weighted by atomic mass is 10.0. The van der Waals surface area contributed by atoms with Crippen molar-refractivity contribution in [2.75, 3.05) is 0 Å². The van der Waals surface area contributed by atoms with Crippen molar-refractivity contribution in [3.63, 3.8) is 0 Å². The van der Waals surface area contributed by atoms with Gasteiger partial charge in [-0.25, -0.2) is 0 Å². The molecular formula is C37H23N3O2. The first kappa shape index (κ1) is 24.0. The maximum atomic E-state index is 14.0. The van der Waals surface area contributed by atoms with E-state index in [2.05, 4.69) is 38.4 Å². The molecule has 5 aromatic carbocycles. The van der Waals surface area contributed by atoms with Crippen LogP contribution in [-0.4, -0.2) is 14.1 Å². The number of benzene rings is 5. The highest BCUT2D eigenvalue weighted by Gasteiger charge is 2.18. The van der Waals surface area contributed by atoms with Crippen LogP contribution in [-0.2, 0) is 0 Å². The fourth-order valence-corrected chi connectivity index (χ4v) is 6.06. The number of rotatable bonds is 3. The van der Waals surface area contributed by atoms with Gasteiger partial charge in [-0.2, -0.15) is 0 Å². The van der Waals surface area contributed by atoms with Crippen LogP contribution in [0.2, 0.25) is 0 Å². The zero-order valence-electron chi connectivity index (χ0n) is 22.4. The third-order valence-electron chi connectivity index (χ3n) is 8.02. The van der Waals surface area contributed by atoms with Gasteiger partial charge in [0.25, 0.3) is 0 Å². The molecule has 8 rings (SSSR count). The largest absolute Gasteiger partial charge is 0.309 e. The van der Waals surface area contributed by atoms with E-state index in [4.69, 9.17) is 0 Å². The molecule has 0 radical (unpaired) electrons. The Labute approximate surface area is 240 Å². The summed E-state index contributed by atoms with van der Waals surface area (Å²) in [6, 6.07) is 41.2. The van der Waals surface area contributed by atoms with E-state index in [1.54, 1.807) is 12.4 Å². The fraction of sp³-hybridized carbons (Fsp3) is 0. The Morgan fingerprint density at radius 3 is 1.40 bits per heavy atom. The monoisotopic (exact) mass is 541 g/mol. The zero-order chi connectivity index (χ0) is 28.2. The van der Waals surface area contributed by atoms with E-state index in [1.807, 2.05) is 103 Å². The molecule has 5 heteroatoms. The minimum absolute atomic E-state index is 0.0603. The van der Waals surface area contributed by atoms with Crippen molar-refractivity contribution >= 4 is 43.6 Å². The van der Waals surface area contributed by atoms with Gasteiger partial charge in [-0.1, -0.05) is 54.6 Å². The first-order valence-corrected chi connectivity index (χ1v) is 13.8. The predicted molar refractivity (Wildman–Crippen MR) is 171 cm³/mol. The predicted octanol–water partition coefficient (Wildman–Crippen LogP) is 7.66. The number of pyridine rings is 3. The molecule has 0 bridgehead atoms. The molecule has 0 fully saturated rings. The van der Waals surface area contributed by atoms with Crippen molar-refractivity contribution in [2.24, 2.45) is 0 Å². The maximum absolute atomic E-state index is 14.0. The Bertz CT molecular complexity index is 2430. The van der Waals surface area contributed by atoms with E-state index in [0.717, 1.165) is 33.5 Å². The van der Waals surface area contributed by atoms with E-state index in [0.29, 0.717) is 32.6 Å². The molecule has 5 nitrogen and oxygen atoms in total. The lowest BCUT2D eigenvalue weighted by Gasteiger charge is -2.19. The Morgan fingerprint density at radius 2 is 0.857 bits per heavy atom. The SMILES string of the molecule is O=c1c2ccccc2n(-c2ccccc2)c2cc3c(=O)c4ccccc4n(-c4ccc(-c5ccncc5)cc4)c3cc12. The third kappa shape index (κ3) is 3.61. The van der Waals surface area contributed by atoms with Crippen molar-refractivity contribution in [1.82, 2.24) is 14.1 Å². The molecule has 0 saturated carbocycles. The summed E-state index contributed by atoms with van der Waals surface area (Å²) in [6.45, 7) is 0. The number of aromatic nitrogens is 3. The van der Waals surface area contributed by atoms with Gasteiger partial charge in [-0.15, -0.1) is 0 Å². The van der Waals surface area contributed by atoms with Crippen LogP contribution in [0.4, 0.5) is 0 Å². The van der Waals surface area contributed by atoms with Crippen LogP contribution < -0.4 is 10.9 Å². The van der Waals surface area contributed by atoms with Crippen LogP contribution in [0, 0.1) is 0 Å². The van der Waals surface area contributed by atoms with Gasteiger partial charge in [-0.3, -0.25) is 14.6 Å². The molecule has 3 heterocycles. The second-order valence-electron chi connectivity index (χ2n) is 10.4. The van der Waals surface area contributed by atoms with Crippen molar-refractivity contribution in [2.45, 2.75) is 0 Å². The molecule has 42 heavy (non-hydrogen) atoms. The number of hydrogen-bond donors (Lipinski definition) is 0. The summed E-state index contributed by atoms with van der Waals surface area (Å²) in [5.41, 5.74) is 6.82. The van der Waals surface area contributed by atoms with Crippen LogP contribution in [0.15, 0.2) is 149 Å². The Morgan fingerprint density at radius 1 is 0.405 bits per heavy atom. The van der Waals surface area contributed by atoms with Gasteiger partial charge in [0.15, 0.2) is 10.9 Å². The second-order valence-corrected chi connectivity index (χ2v) is 10.4. The van der Waals surface area contributed by atoms with Gasteiger partial charge in [0.2, 0.25) is 0 Å². The number of fused-ring (bicyclic) bond motifs is 4. The molecule has 0 unspecified atom stereocenters. The van der Waals surface area contributed by atoms with Crippen LogP contribution in [0.1, 0.15) is 0 Å². The lowest BCUT2D eigenvalue weighted by Crippen LogP contribution is -2.14. The van der Waals surface area contributed by atoms with Gasteiger partial charge in [-0.05, 0) is 83.9 Å². The van der Waals surface area contributed by atoms with E-state index in [1.165, 1.54) is 0 Å². The van der Waals surface area contributed by atoms with Crippen molar-refractivity contribution in [1.29, 1.82) is 0 Å². The molecule has 0 N–H and O–H groups in total. The summed E-state index contributed by atoms with van der Waals surface area (Å²) >= 11 is 0. The number of para-hydroxylation sites is 3. The molecular weight excluding hydrogens is 518 g/mol. The fourth-order valence-electron chi connectivity index (χ4n) is 6.06. The molecule has 0 aliphatic heterocycles. The van der Waals surface area contributed by atoms with E-state index < -0.39 is 0 Å². The third-order valence-corrected chi connectivity index (χ3v) is 8.02. The average Bonchev–Trinajstić information content (AvgIpc) is 3.06. The highest BCUT2D eigenvalue weighted by atomic mass is 16.1. The van der Waals surface area contributed by atoms with E-state index in [-0.39, 0.29) is 10.9 Å². The normalized spacial score (nSPS) is 11.5. The first-order valence-electron chi connectivity index (χ1n) is 13.8. The summed E-state index contributed by atoms with van der Waals surface area (Å²) in [7, 11) is 0. The summed E-state index contributed by atoms with van der Waals surface area (Å²) in [5.74, 6) is 0. The lowest BCUT2D eigenvalue weighted by molar-refractivity contribution is 1.15. The number of nitrogens with zero attached hydrogens (tertiary/aromatic N) is 3. The summed E-state index contributed by atoms with van der Waals surface area (Å²) in [5, 5.41) is 2.36. The van der Waals surface area contributed by atoms with E-state index in [9.17, 15) is 9.59 Å². The van der Waals surface area contributed by atoms with Crippen LogP contribution >= 0.6 is 0 Å². The molecule has 0 spiro atoms. The van der Waals surface area contributed by atoms with Crippen molar-refractivity contribution < 1.29 is 0 Å². The van der Waals surface area contributed by atoms with Gasteiger partial charge >= 0.3 is 0 Å². The molecule has 8 aromatic rings.